The van der Waals surface area contributed by atoms with Gasteiger partial charge in [0, 0.05) is 11.6 Å². The highest BCUT2D eigenvalue weighted by Gasteiger charge is 2.30. The molecule has 0 amide bonds. The van der Waals surface area contributed by atoms with Gasteiger partial charge in [-0.1, -0.05) is 12.1 Å². The lowest BCUT2D eigenvalue weighted by molar-refractivity contribution is -0.137. The van der Waals surface area contributed by atoms with Crippen molar-refractivity contribution in [3.63, 3.8) is 0 Å². The zero-order valence-corrected chi connectivity index (χ0v) is 11.1. The molecule has 22 heavy (non-hydrogen) atoms. The molecule has 3 nitrogen and oxygen atoms in total. The second-order valence-electron chi connectivity index (χ2n) is 5.07. The molecule has 4 rings (SSSR count). The van der Waals surface area contributed by atoms with Crippen LogP contribution in [0.15, 0.2) is 59.5 Å². The summed E-state index contributed by atoms with van der Waals surface area (Å²) in [7, 11) is 0. The first-order valence-electron chi connectivity index (χ1n) is 6.59. The van der Waals surface area contributed by atoms with E-state index in [1.807, 2.05) is 0 Å². The molecule has 110 valence electrons. The molecule has 0 atom stereocenters. The minimum Gasteiger partial charge on any atom is -0.267 e. The minimum atomic E-state index is -4.39. The molecule has 2 aromatic carbocycles. The summed E-state index contributed by atoms with van der Waals surface area (Å²) in [6.45, 7) is 0. The maximum Gasteiger partial charge on any atom is 0.416 e. The van der Waals surface area contributed by atoms with Crippen molar-refractivity contribution in [1.29, 1.82) is 0 Å². The van der Waals surface area contributed by atoms with Gasteiger partial charge in [-0.15, -0.1) is 0 Å². The van der Waals surface area contributed by atoms with Crippen LogP contribution in [0.3, 0.4) is 0 Å². The van der Waals surface area contributed by atoms with Crippen molar-refractivity contribution in [3.8, 4) is 0 Å². The molecule has 2 heterocycles. The number of para-hydroxylation sites is 1. The van der Waals surface area contributed by atoms with E-state index in [2.05, 4.69) is 0 Å². The van der Waals surface area contributed by atoms with E-state index in [-0.39, 0.29) is 5.56 Å². The summed E-state index contributed by atoms with van der Waals surface area (Å²) in [6.07, 6.45) is -2.90. The van der Waals surface area contributed by atoms with Crippen LogP contribution in [0.4, 0.5) is 13.2 Å². The van der Waals surface area contributed by atoms with Gasteiger partial charge in [-0.2, -0.15) is 13.2 Å². The van der Waals surface area contributed by atoms with Crippen LogP contribution in [0.25, 0.3) is 21.8 Å². The SMILES string of the molecule is O=c1c2ccccc2n2c3ccc(C(F)(F)F)cc3ccn12. The van der Waals surface area contributed by atoms with E-state index in [1.165, 1.54) is 22.8 Å². The largest absolute Gasteiger partial charge is 0.416 e. The van der Waals surface area contributed by atoms with Gasteiger partial charge in [0.25, 0.3) is 5.56 Å². The molecule has 2 aromatic heterocycles. The van der Waals surface area contributed by atoms with Crippen LogP contribution in [0.5, 0.6) is 0 Å². The molecule has 0 saturated carbocycles. The first-order chi connectivity index (χ1) is 10.5. The third kappa shape index (κ3) is 1.67. The van der Waals surface area contributed by atoms with E-state index in [1.54, 1.807) is 28.8 Å². The molecule has 0 unspecified atom stereocenters. The van der Waals surface area contributed by atoms with Gasteiger partial charge in [0.15, 0.2) is 0 Å². The first-order valence-corrected chi connectivity index (χ1v) is 6.59. The Hall–Kier alpha value is -2.76. The Morgan fingerprint density at radius 2 is 1.68 bits per heavy atom. The molecule has 0 N–H and O–H groups in total. The van der Waals surface area contributed by atoms with Gasteiger partial charge >= 0.3 is 6.18 Å². The summed E-state index contributed by atoms with van der Waals surface area (Å²) < 4.78 is 41.5. The highest BCUT2D eigenvalue weighted by Crippen LogP contribution is 2.31. The van der Waals surface area contributed by atoms with E-state index in [9.17, 15) is 18.0 Å². The van der Waals surface area contributed by atoms with Crippen LogP contribution in [0.2, 0.25) is 0 Å². The highest BCUT2D eigenvalue weighted by atomic mass is 19.4. The summed E-state index contributed by atoms with van der Waals surface area (Å²) in [6, 6.07) is 12.1. The topological polar surface area (TPSA) is 25.9 Å². The van der Waals surface area contributed by atoms with Crippen molar-refractivity contribution in [2.45, 2.75) is 6.18 Å². The summed E-state index contributed by atoms with van der Waals surface area (Å²) in [5.74, 6) is 0. The summed E-state index contributed by atoms with van der Waals surface area (Å²) >= 11 is 0. The molecule has 0 aliphatic carbocycles. The third-order valence-corrected chi connectivity index (χ3v) is 3.76. The molecule has 0 aliphatic heterocycles. The minimum absolute atomic E-state index is 0.197. The average molecular weight is 302 g/mol. The molecule has 0 aliphatic rings. The van der Waals surface area contributed by atoms with Crippen molar-refractivity contribution < 1.29 is 13.2 Å². The molecular formula is C16H9F3N2O. The number of rotatable bonds is 0. The lowest BCUT2D eigenvalue weighted by Crippen LogP contribution is -2.11. The van der Waals surface area contributed by atoms with Gasteiger partial charge in [-0.25, -0.2) is 9.03 Å². The Labute approximate surface area is 121 Å². The molecular weight excluding hydrogens is 293 g/mol. The van der Waals surface area contributed by atoms with Crippen LogP contribution in [0, 0.1) is 0 Å². The van der Waals surface area contributed by atoms with Crippen LogP contribution in [-0.2, 0) is 6.18 Å². The second-order valence-corrected chi connectivity index (χ2v) is 5.07. The number of halogens is 3. The second kappa shape index (κ2) is 4.13. The van der Waals surface area contributed by atoms with E-state index in [0.717, 1.165) is 12.1 Å². The smallest absolute Gasteiger partial charge is 0.267 e. The fourth-order valence-corrected chi connectivity index (χ4v) is 2.76. The predicted molar refractivity (Wildman–Crippen MR) is 77.1 cm³/mol. The van der Waals surface area contributed by atoms with Gasteiger partial charge in [0.2, 0.25) is 0 Å². The molecule has 0 saturated heterocycles. The lowest BCUT2D eigenvalue weighted by atomic mass is 10.1. The quantitative estimate of drug-likeness (QED) is 0.486. The zero-order valence-electron chi connectivity index (χ0n) is 11.1. The van der Waals surface area contributed by atoms with Crippen molar-refractivity contribution in [2.24, 2.45) is 0 Å². The highest BCUT2D eigenvalue weighted by molar-refractivity contribution is 5.86. The van der Waals surface area contributed by atoms with Crippen molar-refractivity contribution >= 4 is 21.8 Å². The molecule has 0 fully saturated rings. The summed E-state index contributed by atoms with van der Waals surface area (Å²) in [5.41, 5.74) is 0.312. The Morgan fingerprint density at radius 3 is 2.45 bits per heavy atom. The van der Waals surface area contributed by atoms with E-state index in [4.69, 9.17) is 0 Å². The van der Waals surface area contributed by atoms with Crippen LogP contribution >= 0.6 is 0 Å². The third-order valence-electron chi connectivity index (χ3n) is 3.76. The van der Waals surface area contributed by atoms with Gasteiger partial charge in [-0.3, -0.25) is 4.79 Å². The number of nitrogens with zero attached hydrogens (tertiary/aromatic N) is 2. The normalized spacial score (nSPS) is 12.5. The van der Waals surface area contributed by atoms with Gasteiger partial charge in [0.05, 0.1) is 22.0 Å². The fourth-order valence-electron chi connectivity index (χ4n) is 2.76. The molecule has 0 spiro atoms. The Bertz CT molecular complexity index is 1090. The van der Waals surface area contributed by atoms with Crippen molar-refractivity contribution in [2.75, 3.05) is 0 Å². The Balaban J connectivity index is 2.20. The maximum atomic E-state index is 12.8. The maximum absolute atomic E-state index is 12.8. The number of benzene rings is 2. The monoisotopic (exact) mass is 302 g/mol. The number of alkyl halides is 3. The van der Waals surface area contributed by atoms with Crippen LogP contribution < -0.4 is 5.56 Å². The van der Waals surface area contributed by atoms with E-state index in [0.29, 0.717) is 21.8 Å². The van der Waals surface area contributed by atoms with Gasteiger partial charge in [-0.05, 0) is 36.4 Å². The average Bonchev–Trinajstić information content (AvgIpc) is 2.80. The fraction of sp³-hybridized carbons (Fsp3) is 0.0625. The van der Waals surface area contributed by atoms with Gasteiger partial charge < -0.3 is 0 Å². The number of fused-ring (bicyclic) bond motifs is 5. The van der Waals surface area contributed by atoms with Crippen LogP contribution in [-0.4, -0.2) is 9.03 Å². The zero-order chi connectivity index (χ0) is 15.5. The van der Waals surface area contributed by atoms with Crippen LogP contribution in [0.1, 0.15) is 5.56 Å². The molecule has 6 heteroatoms. The molecule has 0 radical (unpaired) electrons. The molecule has 0 bridgehead atoms. The summed E-state index contributed by atoms with van der Waals surface area (Å²) in [4.78, 5) is 12.3. The number of aromatic nitrogens is 2. The van der Waals surface area contributed by atoms with E-state index < -0.39 is 11.7 Å². The lowest BCUT2D eigenvalue weighted by Gasteiger charge is -2.09. The first kappa shape index (κ1) is 12.9. The Kier molecular flexibility index (Phi) is 2.43. The standard InChI is InChI=1S/C16H9F3N2O/c17-16(18,19)11-5-6-13-10(9-11)7-8-20-15(22)12-3-1-2-4-14(12)21(13)20/h1-9H. The van der Waals surface area contributed by atoms with Crippen molar-refractivity contribution in [3.05, 3.63) is 70.6 Å². The molecule has 4 aromatic rings. The van der Waals surface area contributed by atoms with Gasteiger partial charge in [0.1, 0.15) is 0 Å². The Morgan fingerprint density at radius 1 is 0.909 bits per heavy atom. The number of hydrogen-bond acceptors (Lipinski definition) is 1. The predicted octanol–water partition coefficient (Wildman–Crippen LogP) is 3.72. The van der Waals surface area contributed by atoms with E-state index >= 15 is 0 Å². The van der Waals surface area contributed by atoms with Crippen molar-refractivity contribution in [1.82, 2.24) is 9.03 Å². The number of hydrogen-bond donors (Lipinski definition) is 0. The summed E-state index contributed by atoms with van der Waals surface area (Å²) in [5, 5.41) is 0.954.